The van der Waals surface area contributed by atoms with E-state index in [0.29, 0.717) is 33.4 Å². The lowest BCUT2D eigenvalue weighted by Crippen LogP contribution is -2.27. The van der Waals surface area contributed by atoms with Gasteiger partial charge in [0, 0.05) is 70.7 Å². The molecule has 3 aliphatic carbocycles. The normalized spacial score (nSPS) is 24.5. The average molecular weight is 1060 g/mol. The number of nitrogens with zero attached hydrogens (tertiary/aromatic N) is 6. The van der Waals surface area contributed by atoms with Crippen LogP contribution >= 0.6 is 0 Å². The Morgan fingerprint density at radius 2 is 0.577 bits per heavy atom. The predicted molar refractivity (Wildman–Crippen MR) is 335 cm³/mol. The molecule has 0 aromatic heterocycles. The molecule has 9 nitrogen and oxygen atoms in total. The number of unbranched alkanes of at least 4 members (excludes halogenated alkanes) is 16. The lowest BCUT2D eigenvalue weighted by molar-refractivity contribution is 0.389. The second-order valence-electron chi connectivity index (χ2n) is 22.9. The zero-order chi connectivity index (χ0) is 54.6. The number of aliphatic imine (C=N–C) groups is 6. The van der Waals surface area contributed by atoms with Gasteiger partial charge < -0.3 is 15.3 Å². The smallest absolute Gasteiger partial charge is 0.133 e. The van der Waals surface area contributed by atoms with E-state index >= 15 is 0 Å². The number of rotatable bonds is 21. The van der Waals surface area contributed by atoms with E-state index in [4.69, 9.17) is 30.0 Å². The van der Waals surface area contributed by atoms with Crippen molar-refractivity contribution in [1.29, 1.82) is 0 Å². The highest BCUT2D eigenvalue weighted by molar-refractivity contribution is 5.95. The summed E-state index contributed by atoms with van der Waals surface area (Å²) in [4.78, 5) is 31.1. The maximum atomic E-state index is 12.0. The molecule has 3 aromatic carbocycles. The first-order valence-electron chi connectivity index (χ1n) is 31.1. The molecule has 3 saturated carbocycles. The van der Waals surface area contributed by atoms with Crippen molar-refractivity contribution >= 4 is 55.5 Å². The summed E-state index contributed by atoms with van der Waals surface area (Å²) in [5.74, 6) is 0.480. The van der Waals surface area contributed by atoms with Crippen LogP contribution in [0.1, 0.15) is 263 Å². The van der Waals surface area contributed by atoms with E-state index in [1.54, 1.807) is 0 Å². The lowest BCUT2D eigenvalue weighted by Gasteiger charge is -2.26. The first-order valence-corrected chi connectivity index (χ1v) is 31.1. The number of aromatic hydroxyl groups is 3. The molecule has 3 fully saturated rings. The summed E-state index contributed by atoms with van der Waals surface area (Å²) in [6.07, 6.45) is 58.4. The van der Waals surface area contributed by atoms with Crippen molar-refractivity contribution in [3.8, 4) is 17.2 Å². The third kappa shape index (κ3) is 19.3. The summed E-state index contributed by atoms with van der Waals surface area (Å²) >= 11 is 0. The van der Waals surface area contributed by atoms with E-state index in [2.05, 4.69) is 38.2 Å². The molecule has 7 rings (SSSR count). The highest BCUT2D eigenvalue weighted by atomic mass is 16.3. The fourth-order valence-corrected chi connectivity index (χ4v) is 11.8. The van der Waals surface area contributed by atoms with E-state index in [1.165, 1.54) is 103 Å². The van der Waals surface area contributed by atoms with Crippen LogP contribution in [-0.2, 0) is 0 Å². The van der Waals surface area contributed by atoms with Crippen LogP contribution < -0.4 is 0 Å². The van der Waals surface area contributed by atoms with Gasteiger partial charge in [-0.1, -0.05) is 179 Å². The van der Waals surface area contributed by atoms with Gasteiger partial charge in [0.25, 0.3) is 0 Å². The van der Waals surface area contributed by atoms with E-state index < -0.39 is 0 Å². The number of phenolic OH excluding ortho intramolecular Hbond substituents is 3. The molecule has 1 heterocycles. The standard InChI is InChI=1S/C69H96N6O3/c1-4-7-9-11-13-15-17-19-21-23-32-53-42-57-48-72-63-36-27-25-34-61(63)70-46-55-40-52(31-6-3)41-56(67(55)76)47-71-62-35-26-28-37-64(62)73-49-58-43-54(33-24-22-20-18-16-14-12-10-8-5-2)45-60(69(58)78)51-75-66-39-30-29-38-65(66)74-50-59(44-53)68(57)77/h6,23-24,31-33,40-51,61-66,76-78H,4-5,7-22,25-30,34-39H2,1-3H3/b31-6+,32-23-,33-24-,70-46+,71-47+,72-48+,73-49+,74-50+,75-51+. The maximum absolute atomic E-state index is 12.0. The molecule has 3 N–H and O–H groups in total. The van der Waals surface area contributed by atoms with Gasteiger partial charge in [-0.25, -0.2) is 0 Å². The fraction of sp³-hybridized carbons (Fsp3) is 0.565. The number of fused-ring (bicyclic) bond motifs is 9. The largest absolute Gasteiger partial charge is 0.507 e. The Morgan fingerprint density at radius 3 is 0.821 bits per heavy atom. The Morgan fingerprint density at radius 1 is 0.346 bits per heavy atom. The van der Waals surface area contributed by atoms with Gasteiger partial charge in [0.05, 0.1) is 36.3 Å². The topological polar surface area (TPSA) is 135 Å². The summed E-state index contributed by atoms with van der Waals surface area (Å²) in [5, 5.41) is 35.9. The summed E-state index contributed by atoms with van der Waals surface area (Å²) < 4.78 is 0. The summed E-state index contributed by atoms with van der Waals surface area (Å²) in [6, 6.07) is 11.7. The molecule has 0 amide bonds. The van der Waals surface area contributed by atoms with Crippen molar-refractivity contribution in [1.82, 2.24) is 0 Å². The summed E-state index contributed by atoms with van der Waals surface area (Å²) in [5.41, 5.74) is 6.92. The van der Waals surface area contributed by atoms with Crippen molar-refractivity contribution < 1.29 is 15.3 Å². The quantitative estimate of drug-likeness (QED) is 0.0917. The molecular weight excluding hydrogens is 961 g/mol. The van der Waals surface area contributed by atoms with Crippen LogP contribution in [0.25, 0.3) is 18.2 Å². The number of hydrogen-bond donors (Lipinski definition) is 3. The third-order valence-corrected chi connectivity index (χ3v) is 16.5. The number of allylic oxidation sites excluding steroid dienone is 3. The first-order chi connectivity index (χ1) is 38.3. The molecule has 0 spiro atoms. The number of benzene rings is 3. The molecule has 6 bridgehead atoms. The molecule has 0 radical (unpaired) electrons. The van der Waals surface area contributed by atoms with Crippen LogP contribution in [0.15, 0.2) is 84.6 Å². The van der Waals surface area contributed by atoms with Crippen LogP contribution in [0.4, 0.5) is 0 Å². The Hall–Kier alpha value is -5.70. The molecular formula is C69H96N6O3. The van der Waals surface area contributed by atoms with Gasteiger partial charge in [0.1, 0.15) is 17.2 Å². The van der Waals surface area contributed by atoms with Crippen LogP contribution in [0.3, 0.4) is 0 Å². The minimum absolute atomic E-state index is 0.0754. The van der Waals surface area contributed by atoms with Crippen molar-refractivity contribution in [2.45, 2.75) is 250 Å². The Bertz CT molecular complexity index is 2420. The first kappa shape index (κ1) is 60.0. The minimum Gasteiger partial charge on any atom is -0.507 e. The Balaban J connectivity index is 1.24. The highest BCUT2D eigenvalue weighted by Crippen LogP contribution is 2.32. The van der Waals surface area contributed by atoms with Crippen molar-refractivity contribution in [2.24, 2.45) is 30.0 Å². The molecule has 0 saturated heterocycles. The van der Waals surface area contributed by atoms with E-state index in [0.717, 1.165) is 107 Å². The van der Waals surface area contributed by atoms with Crippen LogP contribution in [-0.4, -0.2) is 88.9 Å². The van der Waals surface area contributed by atoms with Crippen molar-refractivity contribution in [3.05, 3.63) is 105 Å². The van der Waals surface area contributed by atoms with Gasteiger partial charge in [-0.2, -0.15) is 0 Å². The summed E-state index contributed by atoms with van der Waals surface area (Å²) in [7, 11) is 0. The molecule has 78 heavy (non-hydrogen) atoms. The minimum atomic E-state index is -0.0772. The van der Waals surface area contributed by atoms with E-state index in [1.807, 2.05) is 92.8 Å². The molecule has 420 valence electrons. The predicted octanol–water partition coefficient (Wildman–Crippen LogP) is 17.8. The van der Waals surface area contributed by atoms with Crippen molar-refractivity contribution in [3.63, 3.8) is 0 Å². The van der Waals surface area contributed by atoms with Gasteiger partial charge in [-0.3, -0.25) is 30.0 Å². The van der Waals surface area contributed by atoms with Gasteiger partial charge in [-0.05, 0) is 124 Å². The summed E-state index contributed by atoms with van der Waals surface area (Å²) in [6.45, 7) is 6.54. The van der Waals surface area contributed by atoms with E-state index in [9.17, 15) is 15.3 Å². The molecule has 1 aliphatic heterocycles. The average Bonchev–Trinajstić information content (AvgIpc) is 3.47. The van der Waals surface area contributed by atoms with Gasteiger partial charge in [-0.15, -0.1) is 0 Å². The molecule has 3 aromatic rings. The Labute approximate surface area is 470 Å². The maximum Gasteiger partial charge on any atom is 0.133 e. The lowest BCUT2D eigenvalue weighted by atomic mass is 9.91. The SMILES string of the molecule is C/C=C/c1cc2c(O)c(c1)/C=N/C1CCCCC1/N=C/c1cc(/C=C\CCCCCCCCCC)cc(c1O)/C=N/C1CCCCC1/N=C/c1cc(/C=C\CCCCCCCCCC)cc(c1O)/C=N/C1CCCCC1/N=C/2. The van der Waals surface area contributed by atoms with Crippen LogP contribution in [0.5, 0.6) is 17.2 Å². The van der Waals surface area contributed by atoms with Crippen LogP contribution in [0, 0.1) is 0 Å². The molecule has 6 atom stereocenters. The van der Waals surface area contributed by atoms with E-state index in [-0.39, 0.29) is 53.5 Å². The molecule has 6 unspecified atom stereocenters. The fourth-order valence-electron chi connectivity index (χ4n) is 11.8. The zero-order valence-electron chi connectivity index (χ0n) is 48.1. The van der Waals surface area contributed by atoms with Gasteiger partial charge in [0.2, 0.25) is 0 Å². The number of hydrogen-bond acceptors (Lipinski definition) is 9. The van der Waals surface area contributed by atoms with Crippen molar-refractivity contribution in [2.75, 3.05) is 0 Å². The van der Waals surface area contributed by atoms with Crippen LogP contribution in [0.2, 0.25) is 0 Å². The third-order valence-electron chi connectivity index (χ3n) is 16.5. The highest BCUT2D eigenvalue weighted by Gasteiger charge is 2.27. The second kappa shape index (κ2) is 33.7. The number of phenols is 3. The molecule has 9 heteroatoms. The zero-order valence-corrected chi connectivity index (χ0v) is 48.1. The second-order valence-corrected chi connectivity index (χ2v) is 22.9. The monoisotopic (exact) mass is 1060 g/mol. The molecule has 4 aliphatic rings. The Kier molecular flexibility index (Phi) is 25.9. The van der Waals surface area contributed by atoms with Gasteiger partial charge in [0.15, 0.2) is 0 Å². The van der Waals surface area contributed by atoms with Gasteiger partial charge >= 0.3 is 0 Å².